The summed E-state index contributed by atoms with van der Waals surface area (Å²) in [7, 11) is -2.33. The molecule has 60 valence electrons. The molecule has 0 radical (unpaired) electrons. The fourth-order valence-electron chi connectivity index (χ4n) is 0.772. The first kappa shape index (κ1) is 8.07. The van der Waals surface area contributed by atoms with Crippen molar-refractivity contribution in [2.24, 2.45) is 0 Å². The highest BCUT2D eigenvalue weighted by atomic mass is 32.2. The number of hydrogen-bond acceptors (Lipinski definition) is 3. The lowest BCUT2D eigenvalue weighted by Crippen LogP contribution is -1.88. The van der Waals surface area contributed by atoms with Gasteiger partial charge in [-0.1, -0.05) is 12.1 Å². The van der Waals surface area contributed by atoms with Crippen molar-refractivity contribution in [2.75, 3.05) is 5.73 Å². The van der Waals surface area contributed by atoms with E-state index in [0.717, 1.165) is 5.56 Å². The van der Waals surface area contributed by atoms with E-state index < -0.39 is 10.7 Å². The second kappa shape index (κ2) is 3.39. The number of thiol groups is 1. The lowest BCUT2D eigenvalue weighted by atomic mass is 10.2. The zero-order valence-electron chi connectivity index (χ0n) is 5.86. The molecule has 0 amide bonds. The van der Waals surface area contributed by atoms with Crippen molar-refractivity contribution < 1.29 is 8.42 Å². The molecule has 0 unspecified atom stereocenters. The van der Waals surface area contributed by atoms with Crippen LogP contribution in [0.3, 0.4) is 0 Å². The van der Waals surface area contributed by atoms with Crippen LogP contribution in [0.15, 0.2) is 24.3 Å². The third kappa shape index (κ3) is 2.59. The van der Waals surface area contributed by atoms with Gasteiger partial charge in [0.15, 0.2) is 0 Å². The highest BCUT2D eigenvalue weighted by Gasteiger charge is 1.92. The standard InChI is InChI=1S/C7H9NO2S/c8-7-3-1-6(2-4-7)5-11(9)10/h1-4,11H,5,8H2. The van der Waals surface area contributed by atoms with Gasteiger partial charge in [-0.25, -0.2) is 8.42 Å². The number of nitrogen functional groups attached to an aromatic ring is 1. The predicted molar refractivity (Wildman–Crippen MR) is 44.9 cm³/mol. The molecule has 11 heavy (non-hydrogen) atoms. The van der Waals surface area contributed by atoms with E-state index >= 15 is 0 Å². The Morgan fingerprint density at radius 1 is 1.18 bits per heavy atom. The van der Waals surface area contributed by atoms with Gasteiger partial charge in [-0.05, 0) is 17.7 Å². The molecule has 0 aromatic heterocycles. The van der Waals surface area contributed by atoms with Gasteiger partial charge in [0.1, 0.15) is 10.7 Å². The van der Waals surface area contributed by atoms with Crippen LogP contribution in [0.5, 0.6) is 0 Å². The minimum absolute atomic E-state index is 0.0929. The SMILES string of the molecule is Nc1ccc(C[SH](=O)=O)cc1. The molecule has 1 aromatic rings. The topological polar surface area (TPSA) is 60.2 Å². The number of hydrogen-bond donors (Lipinski definition) is 2. The highest BCUT2D eigenvalue weighted by molar-refractivity contribution is 7.71. The molecule has 1 aromatic carbocycles. The largest absolute Gasteiger partial charge is 0.399 e. The molecule has 0 bridgehead atoms. The third-order valence-corrected chi connectivity index (χ3v) is 1.91. The molecule has 0 saturated carbocycles. The molecular formula is C7H9NO2S. The molecule has 0 fully saturated rings. The molecule has 0 aliphatic carbocycles. The smallest absolute Gasteiger partial charge is 0.144 e. The minimum Gasteiger partial charge on any atom is -0.399 e. The van der Waals surface area contributed by atoms with E-state index in [1.54, 1.807) is 24.3 Å². The summed E-state index contributed by atoms with van der Waals surface area (Å²) in [6.45, 7) is 0. The molecule has 4 heteroatoms. The Hall–Kier alpha value is -1.03. The van der Waals surface area contributed by atoms with Gasteiger partial charge in [0.25, 0.3) is 0 Å². The molecule has 1 rings (SSSR count). The first-order valence-corrected chi connectivity index (χ1v) is 4.51. The summed E-state index contributed by atoms with van der Waals surface area (Å²) in [5.41, 5.74) is 6.83. The normalized spacial score (nSPS) is 10.3. The number of nitrogens with two attached hydrogens (primary N) is 1. The molecule has 0 spiro atoms. The zero-order valence-corrected chi connectivity index (χ0v) is 6.75. The van der Waals surface area contributed by atoms with Gasteiger partial charge in [0.2, 0.25) is 0 Å². The van der Waals surface area contributed by atoms with Crippen LogP contribution in [0.1, 0.15) is 5.56 Å². The van der Waals surface area contributed by atoms with E-state index in [1.165, 1.54) is 0 Å². The first-order chi connectivity index (χ1) is 5.18. The predicted octanol–water partition coefficient (Wildman–Crippen LogP) is 0.380. The first-order valence-electron chi connectivity index (χ1n) is 3.14. The van der Waals surface area contributed by atoms with Gasteiger partial charge in [0, 0.05) is 5.69 Å². The quantitative estimate of drug-likeness (QED) is 0.499. The molecule has 0 heterocycles. The van der Waals surface area contributed by atoms with E-state index in [0.29, 0.717) is 5.69 Å². The Morgan fingerprint density at radius 2 is 1.73 bits per heavy atom. The van der Waals surface area contributed by atoms with Crippen LogP contribution in [0, 0.1) is 0 Å². The van der Waals surface area contributed by atoms with Crippen LogP contribution < -0.4 is 5.73 Å². The van der Waals surface area contributed by atoms with Crippen LogP contribution in [0.2, 0.25) is 0 Å². The second-order valence-electron chi connectivity index (χ2n) is 2.23. The lowest BCUT2D eigenvalue weighted by molar-refractivity contribution is 0.614. The van der Waals surface area contributed by atoms with Crippen molar-refractivity contribution in [3.05, 3.63) is 29.8 Å². The van der Waals surface area contributed by atoms with Crippen molar-refractivity contribution in [1.29, 1.82) is 0 Å². The van der Waals surface area contributed by atoms with Gasteiger partial charge in [-0.2, -0.15) is 0 Å². The fraction of sp³-hybridized carbons (Fsp3) is 0.143. The summed E-state index contributed by atoms with van der Waals surface area (Å²) in [6.07, 6.45) is 0. The Labute approximate surface area is 66.8 Å². The molecule has 0 aliphatic heterocycles. The molecule has 2 N–H and O–H groups in total. The van der Waals surface area contributed by atoms with Crippen LogP contribution in [0.4, 0.5) is 5.69 Å². The summed E-state index contributed by atoms with van der Waals surface area (Å²) in [5, 5.41) is 0. The van der Waals surface area contributed by atoms with E-state index in [9.17, 15) is 8.42 Å². The summed E-state index contributed by atoms with van der Waals surface area (Å²) < 4.78 is 20.5. The molecule has 0 saturated heterocycles. The van der Waals surface area contributed by atoms with Crippen LogP contribution in [0.25, 0.3) is 0 Å². The molecular weight excluding hydrogens is 162 g/mol. The molecule has 0 atom stereocenters. The van der Waals surface area contributed by atoms with Crippen molar-refractivity contribution in [3.8, 4) is 0 Å². The average Bonchev–Trinajstić information content (AvgIpc) is 1.93. The average molecular weight is 171 g/mol. The van der Waals surface area contributed by atoms with E-state index in [4.69, 9.17) is 5.73 Å². The van der Waals surface area contributed by atoms with Crippen molar-refractivity contribution in [1.82, 2.24) is 0 Å². The summed E-state index contributed by atoms with van der Waals surface area (Å²) in [6, 6.07) is 6.79. The number of rotatable bonds is 2. The highest BCUT2D eigenvalue weighted by Crippen LogP contribution is 2.05. The van der Waals surface area contributed by atoms with Gasteiger partial charge in [0.05, 0.1) is 5.75 Å². The van der Waals surface area contributed by atoms with Gasteiger partial charge >= 0.3 is 0 Å². The van der Waals surface area contributed by atoms with Gasteiger partial charge in [-0.3, -0.25) is 0 Å². The van der Waals surface area contributed by atoms with E-state index in [-0.39, 0.29) is 5.75 Å². The monoisotopic (exact) mass is 171 g/mol. The van der Waals surface area contributed by atoms with E-state index in [2.05, 4.69) is 0 Å². The maximum Gasteiger partial charge on any atom is 0.144 e. The Kier molecular flexibility index (Phi) is 2.48. The Morgan fingerprint density at radius 3 is 2.18 bits per heavy atom. The Bertz CT molecular complexity index is 295. The Balaban J connectivity index is 2.82. The summed E-state index contributed by atoms with van der Waals surface area (Å²) in [5.74, 6) is 0.0929. The number of anilines is 1. The minimum atomic E-state index is -2.33. The van der Waals surface area contributed by atoms with Crippen molar-refractivity contribution >= 4 is 16.4 Å². The van der Waals surface area contributed by atoms with Crippen LogP contribution in [-0.2, 0) is 16.5 Å². The fourth-order valence-corrected chi connectivity index (χ4v) is 1.28. The second-order valence-corrected chi connectivity index (χ2v) is 3.21. The zero-order chi connectivity index (χ0) is 8.27. The number of benzene rings is 1. The van der Waals surface area contributed by atoms with Gasteiger partial charge in [-0.15, -0.1) is 0 Å². The summed E-state index contributed by atoms with van der Waals surface area (Å²) >= 11 is 0. The van der Waals surface area contributed by atoms with E-state index in [1.807, 2.05) is 0 Å². The van der Waals surface area contributed by atoms with Gasteiger partial charge < -0.3 is 5.73 Å². The molecule has 3 nitrogen and oxygen atoms in total. The third-order valence-electron chi connectivity index (χ3n) is 1.29. The van der Waals surface area contributed by atoms with Crippen LogP contribution in [-0.4, -0.2) is 8.42 Å². The van der Waals surface area contributed by atoms with Crippen LogP contribution >= 0.6 is 0 Å². The maximum absolute atomic E-state index is 10.3. The van der Waals surface area contributed by atoms with Crippen molar-refractivity contribution in [2.45, 2.75) is 5.75 Å². The van der Waals surface area contributed by atoms with Crippen molar-refractivity contribution in [3.63, 3.8) is 0 Å². The summed E-state index contributed by atoms with van der Waals surface area (Å²) in [4.78, 5) is 0. The lowest BCUT2D eigenvalue weighted by Gasteiger charge is -1.94. The molecule has 0 aliphatic rings. The maximum atomic E-state index is 10.3.